The Morgan fingerprint density at radius 3 is 2.49 bits per heavy atom. The van der Waals surface area contributed by atoms with E-state index in [4.69, 9.17) is 23.4 Å². The molecule has 7 rings (SSSR count). The van der Waals surface area contributed by atoms with Crippen molar-refractivity contribution < 1.29 is 48.0 Å². The van der Waals surface area contributed by atoms with Gasteiger partial charge in [-0.2, -0.15) is 0 Å². The number of hydrogen-bond acceptors (Lipinski definition) is 10. The third kappa shape index (κ3) is 3.26. The van der Waals surface area contributed by atoms with Crippen LogP contribution in [0.5, 0.6) is 0 Å². The van der Waals surface area contributed by atoms with Gasteiger partial charge in [-0.3, -0.25) is 14.4 Å². The molecule has 0 unspecified atom stereocenters. The van der Waals surface area contributed by atoms with Crippen molar-refractivity contribution in [1.29, 1.82) is 0 Å². The van der Waals surface area contributed by atoms with E-state index in [0.717, 1.165) is 0 Å². The lowest BCUT2D eigenvalue weighted by Crippen LogP contribution is -2.87. The predicted molar refractivity (Wildman–Crippen MR) is 132 cm³/mol. The third-order valence-electron chi connectivity index (χ3n) is 10.4. The van der Waals surface area contributed by atoms with Gasteiger partial charge < -0.3 is 33.6 Å². The highest BCUT2D eigenvalue weighted by molar-refractivity contribution is 6.00. The molecule has 1 aromatic heterocycles. The topological polar surface area (TPSA) is 142 Å². The Kier molecular flexibility index (Phi) is 5.49. The molecule has 0 amide bonds. The van der Waals surface area contributed by atoms with Crippen LogP contribution in [0.15, 0.2) is 34.7 Å². The minimum atomic E-state index is -2.14. The Balaban J connectivity index is 1.50. The van der Waals surface area contributed by atoms with Crippen LogP contribution in [0.2, 0.25) is 0 Å². The minimum absolute atomic E-state index is 0.0377. The Bertz CT molecular complexity index is 1270. The number of cyclic esters (lactones) is 1. The summed E-state index contributed by atoms with van der Waals surface area (Å²) in [6.07, 6.45) is 3.23. The van der Waals surface area contributed by atoms with Gasteiger partial charge in [0.15, 0.2) is 17.2 Å². The highest BCUT2D eigenvalue weighted by Crippen LogP contribution is 2.72. The molecule has 5 heterocycles. The summed E-state index contributed by atoms with van der Waals surface area (Å²) in [7, 11) is 1.31. The van der Waals surface area contributed by atoms with E-state index in [9.17, 15) is 24.6 Å². The molecule has 10 atom stereocenters. The molecule has 5 fully saturated rings. The zero-order valence-electron chi connectivity index (χ0n) is 23.1. The number of furan rings is 1. The molecule has 4 saturated heterocycles. The van der Waals surface area contributed by atoms with Crippen molar-refractivity contribution >= 4 is 17.7 Å². The lowest BCUT2D eigenvalue weighted by atomic mass is 9.45. The second kappa shape index (κ2) is 8.02. The van der Waals surface area contributed by atoms with Crippen LogP contribution in [0.3, 0.4) is 0 Å². The van der Waals surface area contributed by atoms with Gasteiger partial charge in [0.1, 0.15) is 18.1 Å². The second-order valence-corrected chi connectivity index (χ2v) is 13.0. The molecule has 4 bridgehead atoms. The number of carbonyl (C=O) groups excluding carboxylic acids is 3. The maximum atomic E-state index is 13.9. The first kappa shape index (κ1) is 26.7. The van der Waals surface area contributed by atoms with Crippen LogP contribution in [0.4, 0.5) is 0 Å². The molecule has 1 aromatic rings. The predicted octanol–water partition coefficient (Wildman–Crippen LogP) is 2.83. The van der Waals surface area contributed by atoms with Crippen molar-refractivity contribution in [3.05, 3.63) is 35.8 Å². The molecule has 4 aliphatic heterocycles. The number of fused-ring (bicyclic) bond motifs is 1. The monoisotopic (exact) mass is 544 g/mol. The maximum absolute atomic E-state index is 13.9. The minimum Gasteiger partial charge on any atom is -0.472 e. The standard InChI is InChI=1S/C29H36O10/c1-14-17(11-18(30)35-6)25(2,3)12-16(20(14)31)23-29(34)21-19-24(32)37-22(15-7-10-36-13-15)26(21,4)8-9-28(29,33)39-27(19,5)38-23/h7,10,12-14,17,19,21-23,33-34H,8-9,11H2,1-6H3/t14-,17-,19+,21-,22+,23-,26-,27-,28+,29-/m0/s1. The zero-order chi connectivity index (χ0) is 28.3. The van der Waals surface area contributed by atoms with E-state index >= 15 is 0 Å². The summed E-state index contributed by atoms with van der Waals surface area (Å²) >= 11 is 0. The summed E-state index contributed by atoms with van der Waals surface area (Å²) in [5.74, 6) is -7.87. The number of Topliss-reactive ketones (excluding diaryl/α,β-unsaturated/α-hetero) is 1. The largest absolute Gasteiger partial charge is 0.472 e. The smallest absolute Gasteiger partial charge is 0.315 e. The van der Waals surface area contributed by atoms with Crippen molar-refractivity contribution in [1.82, 2.24) is 0 Å². The summed E-state index contributed by atoms with van der Waals surface area (Å²) in [6.45, 7) is 9.10. The van der Waals surface area contributed by atoms with E-state index in [2.05, 4.69) is 0 Å². The van der Waals surface area contributed by atoms with Crippen molar-refractivity contribution in [3.63, 3.8) is 0 Å². The normalized spacial score (nSPS) is 47.8. The summed E-state index contributed by atoms with van der Waals surface area (Å²) in [6, 6.07) is 1.72. The molecule has 1 saturated carbocycles. The zero-order valence-corrected chi connectivity index (χ0v) is 23.1. The molecule has 212 valence electrons. The van der Waals surface area contributed by atoms with Gasteiger partial charge in [-0.15, -0.1) is 0 Å². The fourth-order valence-electron chi connectivity index (χ4n) is 8.52. The highest BCUT2D eigenvalue weighted by atomic mass is 16.8. The number of hydrogen-bond donors (Lipinski definition) is 2. The highest BCUT2D eigenvalue weighted by Gasteiger charge is 2.84. The third-order valence-corrected chi connectivity index (χ3v) is 10.4. The number of methoxy groups -OCH3 is 1. The van der Waals surface area contributed by atoms with Gasteiger partial charge in [0.25, 0.3) is 0 Å². The van der Waals surface area contributed by atoms with E-state index in [1.165, 1.54) is 19.6 Å². The summed E-state index contributed by atoms with van der Waals surface area (Å²) < 4.78 is 28.5. The van der Waals surface area contributed by atoms with Gasteiger partial charge >= 0.3 is 11.9 Å². The van der Waals surface area contributed by atoms with E-state index in [1.807, 2.05) is 20.8 Å². The Morgan fingerprint density at radius 2 is 1.85 bits per heavy atom. The molecule has 2 aliphatic carbocycles. The van der Waals surface area contributed by atoms with Gasteiger partial charge in [-0.1, -0.05) is 33.8 Å². The molecule has 2 N–H and O–H groups in total. The van der Waals surface area contributed by atoms with Crippen molar-refractivity contribution in [2.75, 3.05) is 7.11 Å². The molecule has 0 aromatic carbocycles. The summed E-state index contributed by atoms with van der Waals surface area (Å²) in [5.41, 5.74) is -2.76. The Morgan fingerprint density at radius 1 is 1.13 bits per heavy atom. The van der Waals surface area contributed by atoms with Crippen LogP contribution in [-0.2, 0) is 33.3 Å². The average molecular weight is 545 g/mol. The number of carbonyl (C=O) groups is 3. The summed E-state index contributed by atoms with van der Waals surface area (Å²) in [4.78, 5) is 39.6. The average Bonchev–Trinajstić information content (AvgIpc) is 3.39. The number of rotatable bonds is 4. The van der Waals surface area contributed by atoms with Gasteiger partial charge in [0, 0.05) is 41.2 Å². The molecule has 10 nitrogen and oxygen atoms in total. The van der Waals surface area contributed by atoms with E-state index in [0.29, 0.717) is 12.0 Å². The molecule has 0 spiro atoms. The fourth-order valence-corrected chi connectivity index (χ4v) is 8.52. The van der Waals surface area contributed by atoms with Gasteiger partial charge in [-0.25, -0.2) is 0 Å². The van der Waals surface area contributed by atoms with Crippen molar-refractivity contribution in [3.8, 4) is 0 Å². The van der Waals surface area contributed by atoms with Crippen LogP contribution in [-0.4, -0.2) is 58.3 Å². The molecule has 6 aliphatic rings. The van der Waals surface area contributed by atoms with Crippen LogP contribution in [0, 0.1) is 34.5 Å². The van der Waals surface area contributed by atoms with E-state index < -0.39 is 69.9 Å². The SMILES string of the molecule is COC(=O)C[C@H]1[C@H](C)C(=O)C([C@@H]2O[C@@]3(C)O[C@]4(O)CC[C@]5(C)[C@@H](c6ccoc6)OC(=O)[C@H]3[C@@H]5[C@]24O)=CC1(C)C. The Hall–Kier alpha value is -2.53. The first-order valence-electron chi connectivity index (χ1n) is 13.5. The molecular formula is C29H36O10. The number of aliphatic hydroxyl groups is 2. The summed E-state index contributed by atoms with van der Waals surface area (Å²) in [5, 5.41) is 24.7. The quantitative estimate of drug-likeness (QED) is 0.544. The van der Waals surface area contributed by atoms with Gasteiger partial charge in [0.2, 0.25) is 5.79 Å². The van der Waals surface area contributed by atoms with Crippen LogP contribution < -0.4 is 0 Å². The van der Waals surface area contributed by atoms with Crippen LogP contribution >= 0.6 is 0 Å². The van der Waals surface area contributed by atoms with E-state index in [1.54, 1.807) is 26.0 Å². The fraction of sp³-hybridized carbons (Fsp3) is 0.690. The van der Waals surface area contributed by atoms with Crippen molar-refractivity contribution in [2.45, 2.75) is 83.3 Å². The lowest BCUT2D eigenvalue weighted by molar-refractivity contribution is -0.534. The number of ether oxygens (including phenoxy) is 4. The number of ketones is 1. The van der Waals surface area contributed by atoms with Crippen LogP contribution in [0.1, 0.15) is 65.5 Å². The van der Waals surface area contributed by atoms with E-state index in [-0.39, 0.29) is 30.1 Å². The Labute approximate surface area is 226 Å². The lowest BCUT2D eigenvalue weighted by Gasteiger charge is -2.74. The molecule has 0 radical (unpaired) electrons. The number of esters is 2. The molecule has 10 heteroatoms. The maximum Gasteiger partial charge on any atom is 0.315 e. The molecule has 39 heavy (non-hydrogen) atoms. The van der Waals surface area contributed by atoms with Crippen LogP contribution in [0.25, 0.3) is 0 Å². The van der Waals surface area contributed by atoms with Crippen molar-refractivity contribution in [2.24, 2.45) is 34.5 Å². The van der Waals surface area contributed by atoms with Gasteiger partial charge in [-0.05, 0) is 30.7 Å². The first-order valence-corrected chi connectivity index (χ1v) is 13.5. The van der Waals surface area contributed by atoms with Gasteiger partial charge in [0.05, 0.1) is 19.6 Å². The first-order chi connectivity index (χ1) is 18.1. The second-order valence-electron chi connectivity index (χ2n) is 13.0. The molecular weight excluding hydrogens is 508 g/mol. The number of allylic oxidation sites excluding steroid dienone is 1.